The van der Waals surface area contributed by atoms with Crippen LogP contribution in [0.3, 0.4) is 0 Å². The van der Waals surface area contributed by atoms with Crippen LogP contribution in [0.1, 0.15) is 51.3 Å². The summed E-state index contributed by atoms with van der Waals surface area (Å²) < 4.78 is 4.41. The Bertz CT molecular complexity index is 1420. The number of aryl methyl sites for hydroxylation is 3. The fraction of sp³-hybridized carbons (Fsp3) is 0.407. The molecule has 0 amide bonds. The van der Waals surface area contributed by atoms with E-state index in [9.17, 15) is 0 Å². The fourth-order valence-electron chi connectivity index (χ4n) is 5.02. The molecule has 0 spiro atoms. The van der Waals surface area contributed by atoms with Gasteiger partial charge in [-0.3, -0.25) is 0 Å². The quantitative estimate of drug-likeness (QED) is 0.218. The third-order valence-corrected chi connectivity index (χ3v) is 6.89. The highest BCUT2D eigenvalue weighted by molar-refractivity contribution is 6.20. The molecule has 0 atom stereocenters. The highest BCUT2D eigenvalue weighted by Crippen LogP contribution is 2.35. The summed E-state index contributed by atoms with van der Waals surface area (Å²) in [5, 5.41) is 8.60. The Labute approximate surface area is 189 Å². The molecule has 2 heterocycles. The number of fused-ring (bicyclic) bond motifs is 7. The van der Waals surface area contributed by atoms with Crippen molar-refractivity contribution < 1.29 is 0 Å². The molecule has 5 nitrogen and oxygen atoms in total. The molecular formula is C27H33N5. The Kier molecular flexibility index (Phi) is 5.50. The molecule has 0 bridgehead atoms. The number of nitrogens with zero attached hydrogens (tertiary/aromatic N) is 4. The van der Waals surface area contributed by atoms with Crippen LogP contribution in [0.5, 0.6) is 0 Å². The molecule has 0 saturated heterocycles. The number of aromatic nitrogens is 4. The first-order chi connectivity index (χ1) is 15.6. The Balaban J connectivity index is 1.50. The molecule has 1 N–H and O–H groups in total. The minimum absolute atomic E-state index is 0.957. The van der Waals surface area contributed by atoms with Crippen LogP contribution in [0.25, 0.3) is 43.6 Å². The van der Waals surface area contributed by atoms with Crippen molar-refractivity contribution in [2.24, 2.45) is 14.1 Å². The molecule has 166 valence electrons. The molecule has 0 aliphatic rings. The van der Waals surface area contributed by atoms with Crippen LogP contribution in [0.15, 0.2) is 36.4 Å². The summed E-state index contributed by atoms with van der Waals surface area (Å²) in [5.74, 6) is 2.00. The lowest BCUT2D eigenvalue weighted by molar-refractivity contribution is 0.616. The minimum Gasteiger partial charge on any atom is -0.356 e. The fourth-order valence-corrected chi connectivity index (χ4v) is 5.02. The van der Waals surface area contributed by atoms with E-state index < -0.39 is 0 Å². The third kappa shape index (κ3) is 3.40. The second-order valence-electron chi connectivity index (χ2n) is 9.03. The highest BCUT2D eigenvalue weighted by atomic mass is 15.2. The van der Waals surface area contributed by atoms with Gasteiger partial charge in [0.05, 0.1) is 22.1 Å². The van der Waals surface area contributed by atoms with Gasteiger partial charge in [-0.2, -0.15) is 0 Å². The number of benzene rings is 3. The van der Waals surface area contributed by atoms with Crippen molar-refractivity contribution in [2.75, 3.05) is 11.9 Å². The van der Waals surface area contributed by atoms with Crippen molar-refractivity contribution in [3.05, 3.63) is 42.2 Å². The first-order valence-corrected chi connectivity index (χ1v) is 12.0. The van der Waals surface area contributed by atoms with Gasteiger partial charge < -0.3 is 14.5 Å². The van der Waals surface area contributed by atoms with Crippen LogP contribution >= 0.6 is 0 Å². The molecule has 5 rings (SSSR count). The topological polar surface area (TPSA) is 47.7 Å². The van der Waals surface area contributed by atoms with E-state index in [2.05, 4.69) is 78.8 Å². The standard InChI is InChI=1S/C27H33N5/c1-5-6-7-8-9-10-17-28-27-30-24-16-14-20-19-13-15-23-25(31(3)18(2)29-23)21(19)11-12-22(20)26(24)32(27)4/h11-16H,5-10,17H2,1-4H3,(H,28,30). The van der Waals surface area contributed by atoms with Crippen molar-refractivity contribution in [3.8, 4) is 0 Å². The summed E-state index contributed by atoms with van der Waals surface area (Å²) in [6, 6.07) is 13.2. The number of nitrogens with one attached hydrogen (secondary N) is 1. The zero-order chi connectivity index (χ0) is 22.2. The van der Waals surface area contributed by atoms with Crippen LogP contribution in [0.2, 0.25) is 0 Å². The number of anilines is 1. The lowest BCUT2D eigenvalue weighted by Gasteiger charge is -2.09. The maximum atomic E-state index is 4.89. The van der Waals surface area contributed by atoms with Gasteiger partial charge in [0.1, 0.15) is 5.82 Å². The molecule has 0 aliphatic heterocycles. The molecule has 2 aromatic heterocycles. The summed E-state index contributed by atoms with van der Waals surface area (Å²) in [4.78, 5) is 9.60. The molecule has 5 aromatic rings. The highest BCUT2D eigenvalue weighted by Gasteiger charge is 2.15. The molecule has 0 unspecified atom stereocenters. The first-order valence-electron chi connectivity index (χ1n) is 12.0. The van der Waals surface area contributed by atoms with Gasteiger partial charge in [0.2, 0.25) is 5.95 Å². The molecular weight excluding hydrogens is 394 g/mol. The van der Waals surface area contributed by atoms with Crippen molar-refractivity contribution >= 4 is 49.6 Å². The molecule has 5 heteroatoms. The van der Waals surface area contributed by atoms with Crippen molar-refractivity contribution in [2.45, 2.75) is 52.4 Å². The van der Waals surface area contributed by atoms with Gasteiger partial charge in [0.25, 0.3) is 0 Å². The smallest absolute Gasteiger partial charge is 0.203 e. The van der Waals surface area contributed by atoms with Crippen LogP contribution in [-0.4, -0.2) is 25.6 Å². The van der Waals surface area contributed by atoms with E-state index in [1.165, 1.54) is 71.1 Å². The van der Waals surface area contributed by atoms with Crippen molar-refractivity contribution in [3.63, 3.8) is 0 Å². The minimum atomic E-state index is 0.957. The lowest BCUT2D eigenvalue weighted by atomic mass is 10.00. The van der Waals surface area contributed by atoms with Crippen LogP contribution in [0.4, 0.5) is 5.95 Å². The number of rotatable bonds is 8. The van der Waals surface area contributed by atoms with E-state index in [0.717, 1.165) is 29.4 Å². The summed E-state index contributed by atoms with van der Waals surface area (Å²) in [7, 11) is 4.22. The maximum Gasteiger partial charge on any atom is 0.203 e. The van der Waals surface area contributed by atoms with Gasteiger partial charge >= 0.3 is 0 Å². The monoisotopic (exact) mass is 427 g/mol. The molecule has 0 fully saturated rings. The van der Waals surface area contributed by atoms with Gasteiger partial charge in [-0.15, -0.1) is 0 Å². The Morgan fingerprint density at radius 1 is 0.688 bits per heavy atom. The Morgan fingerprint density at radius 2 is 1.25 bits per heavy atom. The third-order valence-electron chi connectivity index (χ3n) is 6.89. The summed E-state index contributed by atoms with van der Waals surface area (Å²) >= 11 is 0. The predicted molar refractivity (Wildman–Crippen MR) is 137 cm³/mol. The van der Waals surface area contributed by atoms with Crippen LogP contribution < -0.4 is 5.32 Å². The van der Waals surface area contributed by atoms with E-state index in [0.29, 0.717) is 0 Å². The van der Waals surface area contributed by atoms with Crippen LogP contribution in [0, 0.1) is 6.92 Å². The SMILES string of the molecule is CCCCCCCCNc1nc2ccc3c4ccc5nc(C)n(C)c5c4ccc3c2n1C. The van der Waals surface area contributed by atoms with E-state index in [-0.39, 0.29) is 0 Å². The predicted octanol–water partition coefficient (Wildman–Crippen LogP) is 6.85. The van der Waals surface area contributed by atoms with Gasteiger partial charge in [0.15, 0.2) is 0 Å². The largest absolute Gasteiger partial charge is 0.356 e. The zero-order valence-corrected chi connectivity index (χ0v) is 19.7. The van der Waals surface area contributed by atoms with E-state index in [4.69, 9.17) is 9.97 Å². The molecule has 0 radical (unpaired) electrons. The number of hydrogen-bond acceptors (Lipinski definition) is 3. The van der Waals surface area contributed by atoms with E-state index in [1.54, 1.807) is 0 Å². The average Bonchev–Trinajstić information content (AvgIpc) is 3.28. The van der Waals surface area contributed by atoms with Crippen molar-refractivity contribution in [1.82, 2.24) is 19.1 Å². The zero-order valence-electron chi connectivity index (χ0n) is 19.7. The van der Waals surface area contributed by atoms with Gasteiger partial charge in [-0.1, -0.05) is 63.3 Å². The maximum absolute atomic E-state index is 4.89. The summed E-state index contributed by atoms with van der Waals surface area (Å²) in [5.41, 5.74) is 4.49. The molecule has 32 heavy (non-hydrogen) atoms. The summed E-state index contributed by atoms with van der Waals surface area (Å²) in [6.07, 6.45) is 7.82. The average molecular weight is 428 g/mol. The number of imidazole rings is 2. The first kappa shape index (κ1) is 20.8. The number of unbranched alkanes of at least 4 members (excludes halogenated alkanes) is 5. The Hall–Kier alpha value is -3.08. The molecule has 0 saturated carbocycles. The second-order valence-corrected chi connectivity index (χ2v) is 9.03. The van der Waals surface area contributed by atoms with E-state index in [1.807, 2.05) is 0 Å². The number of hydrogen-bond donors (Lipinski definition) is 1. The van der Waals surface area contributed by atoms with Gasteiger partial charge in [-0.25, -0.2) is 9.97 Å². The van der Waals surface area contributed by atoms with Crippen molar-refractivity contribution in [1.29, 1.82) is 0 Å². The van der Waals surface area contributed by atoms with Gasteiger partial charge in [-0.05, 0) is 36.2 Å². The summed E-state index contributed by atoms with van der Waals surface area (Å²) in [6.45, 7) is 5.30. The van der Waals surface area contributed by atoms with Gasteiger partial charge in [0, 0.05) is 31.4 Å². The normalized spacial score (nSPS) is 12.0. The lowest BCUT2D eigenvalue weighted by Crippen LogP contribution is -2.06. The second kappa shape index (κ2) is 8.45. The Morgan fingerprint density at radius 3 is 1.94 bits per heavy atom. The van der Waals surface area contributed by atoms with E-state index >= 15 is 0 Å². The van der Waals surface area contributed by atoms with Crippen LogP contribution in [-0.2, 0) is 14.1 Å². The molecule has 0 aliphatic carbocycles. The molecule has 3 aromatic carbocycles.